The number of nitrogens with one attached hydrogen (secondary N) is 1. The zero-order chi connectivity index (χ0) is 13.9. The molecular formula is C12H22N2O4. The van der Waals surface area contributed by atoms with Gasteiger partial charge in [-0.05, 0) is 20.8 Å². The van der Waals surface area contributed by atoms with Crippen LogP contribution in [-0.2, 0) is 9.47 Å². The molecule has 1 saturated carbocycles. The van der Waals surface area contributed by atoms with Gasteiger partial charge >= 0.3 is 12.2 Å². The van der Waals surface area contributed by atoms with Crippen molar-refractivity contribution in [2.75, 3.05) is 14.1 Å². The molecule has 6 heteroatoms. The molecule has 0 saturated heterocycles. The molecule has 1 aliphatic carbocycles. The highest BCUT2D eigenvalue weighted by Crippen LogP contribution is 2.24. The van der Waals surface area contributed by atoms with Crippen LogP contribution in [0.25, 0.3) is 0 Å². The number of amides is 2. The first-order chi connectivity index (χ1) is 8.17. The molecule has 0 unspecified atom stereocenters. The smallest absolute Gasteiger partial charge is 0.409 e. The Bertz CT molecular complexity index is 317. The summed E-state index contributed by atoms with van der Waals surface area (Å²) >= 11 is 0. The van der Waals surface area contributed by atoms with Crippen molar-refractivity contribution in [1.82, 2.24) is 10.2 Å². The fourth-order valence-electron chi connectivity index (χ4n) is 1.50. The van der Waals surface area contributed by atoms with Gasteiger partial charge in [-0.25, -0.2) is 9.59 Å². The van der Waals surface area contributed by atoms with Crippen molar-refractivity contribution in [3.63, 3.8) is 0 Å². The quantitative estimate of drug-likeness (QED) is 0.819. The molecule has 104 valence electrons. The van der Waals surface area contributed by atoms with E-state index in [9.17, 15) is 9.59 Å². The monoisotopic (exact) mass is 258 g/mol. The lowest BCUT2D eigenvalue weighted by Gasteiger charge is -2.35. The molecule has 0 aliphatic heterocycles. The number of nitrogens with zero attached hydrogens (tertiary/aromatic N) is 1. The Balaban J connectivity index is 2.19. The summed E-state index contributed by atoms with van der Waals surface area (Å²) in [5.41, 5.74) is -0.495. The fraction of sp³-hybridized carbons (Fsp3) is 0.833. The van der Waals surface area contributed by atoms with E-state index >= 15 is 0 Å². The van der Waals surface area contributed by atoms with Crippen molar-refractivity contribution < 1.29 is 19.1 Å². The summed E-state index contributed by atoms with van der Waals surface area (Å²) in [5, 5.41) is 2.74. The van der Waals surface area contributed by atoms with Gasteiger partial charge in [0.1, 0.15) is 11.7 Å². The van der Waals surface area contributed by atoms with Crippen molar-refractivity contribution in [2.24, 2.45) is 0 Å². The van der Waals surface area contributed by atoms with Crippen molar-refractivity contribution >= 4 is 12.2 Å². The minimum atomic E-state index is -0.495. The van der Waals surface area contributed by atoms with Crippen LogP contribution in [0, 0.1) is 0 Å². The van der Waals surface area contributed by atoms with E-state index in [-0.39, 0.29) is 18.2 Å². The van der Waals surface area contributed by atoms with Crippen LogP contribution in [0.5, 0.6) is 0 Å². The third-order valence-electron chi connectivity index (χ3n) is 2.45. The lowest BCUT2D eigenvalue weighted by atomic mass is 9.89. The maximum Gasteiger partial charge on any atom is 0.409 e. The van der Waals surface area contributed by atoms with E-state index < -0.39 is 11.7 Å². The maximum absolute atomic E-state index is 11.4. The minimum Gasteiger partial charge on any atom is -0.446 e. The topological polar surface area (TPSA) is 67.9 Å². The molecule has 1 rings (SSSR count). The lowest BCUT2D eigenvalue weighted by Crippen LogP contribution is -2.50. The Hall–Kier alpha value is -1.46. The Kier molecular flexibility index (Phi) is 4.43. The summed E-state index contributed by atoms with van der Waals surface area (Å²) < 4.78 is 10.3. The number of carbonyl (C=O) groups is 2. The fourth-order valence-corrected chi connectivity index (χ4v) is 1.50. The van der Waals surface area contributed by atoms with Gasteiger partial charge in [-0.2, -0.15) is 0 Å². The molecule has 6 nitrogen and oxygen atoms in total. The van der Waals surface area contributed by atoms with Gasteiger partial charge in [-0.3, -0.25) is 0 Å². The molecule has 0 heterocycles. The summed E-state index contributed by atoms with van der Waals surface area (Å²) in [4.78, 5) is 24.1. The van der Waals surface area contributed by atoms with Crippen molar-refractivity contribution in [2.45, 2.75) is 51.4 Å². The second-order valence-electron chi connectivity index (χ2n) is 5.71. The van der Waals surface area contributed by atoms with E-state index in [1.54, 1.807) is 14.1 Å². The third-order valence-corrected chi connectivity index (χ3v) is 2.45. The summed E-state index contributed by atoms with van der Waals surface area (Å²) in [6, 6.07) is 0.0276. The van der Waals surface area contributed by atoms with Gasteiger partial charge < -0.3 is 19.7 Å². The van der Waals surface area contributed by atoms with Crippen LogP contribution in [0.3, 0.4) is 0 Å². The van der Waals surface area contributed by atoms with Gasteiger partial charge in [0.05, 0.1) is 0 Å². The molecule has 18 heavy (non-hydrogen) atoms. The van der Waals surface area contributed by atoms with Crippen LogP contribution in [-0.4, -0.2) is 48.9 Å². The van der Waals surface area contributed by atoms with E-state index in [2.05, 4.69) is 5.32 Å². The predicted molar refractivity (Wildman–Crippen MR) is 66.3 cm³/mol. The van der Waals surface area contributed by atoms with Crippen molar-refractivity contribution in [1.29, 1.82) is 0 Å². The molecule has 2 amide bonds. The summed E-state index contributed by atoms with van der Waals surface area (Å²) in [6.45, 7) is 5.44. The number of hydrogen-bond donors (Lipinski definition) is 1. The minimum absolute atomic E-state index is 0.0276. The number of rotatable bonds is 2. The number of ether oxygens (including phenoxy) is 2. The normalized spacial score (nSPS) is 22.7. The molecule has 1 aliphatic rings. The van der Waals surface area contributed by atoms with Crippen LogP contribution in [0.15, 0.2) is 0 Å². The van der Waals surface area contributed by atoms with Gasteiger partial charge in [-0.1, -0.05) is 0 Å². The van der Waals surface area contributed by atoms with Crippen molar-refractivity contribution in [3.05, 3.63) is 0 Å². The maximum atomic E-state index is 11.4. The van der Waals surface area contributed by atoms with Gasteiger partial charge in [0.15, 0.2) is 0 Å². The Morgan fingerprint density at radius 1 is 1.22 bits per heavy atom. The van der Waals surface area contributed by atoms with E-state index in [4.69, 9.17) is 9.47 Å². The zero-order valence-corrected chi connectivity index (χ0v) is 11.6. The Morgan fingerprint density at radius 2 is 1.78 bits per heavy atom. The first-order valence-electron chi connectivity index (χ1n) is 6.05. The highest BCUT2D eigenvalue weighted by Gasteiger charge is 2.34. The molecular weight excluding hydrogens is 236 g/mol. The molecule has 1 fully saturated rings. The molecule has 0 radical (unpaired) electrons. The van der Waals surface area contributed by atoms with Crippen LogP contribution >= 0.6 is 0 Å². The SMILES string of the molecule is CN(C)C(=O)OC1CC(NC(=O)OC(C)(C)C)C1. The number of carbonyl (C=O) groups excluding carboxylic acids is 2. The highest BCUT2D eigenvalue weighted by atomic mass is 16.6. The second kappa shape index (κ2) is 5.46. The predicted octanol–water partition coefficient (Wildman–Crippen LogP) is 1.74. The summed E-state index contributed by atoms with van der Waals surface area (Å²) in [5.74, 6) is 0. The van der Waals surface area contributed by atoms with Gasteiger partial charge in [0.2, 0.25) is 0 Å². The lowest BCUT2D eigenvalue weighted by molar-refractivity contribution is 0.00955. The average Bonchev–Trinajstić information content (AvgIpc) is 2.10. The van der Waals surface area contributed by atoms with E-state index in [1.807, 2.05) is 20.8 Å². The molecule has 0 atom stereocenters. The molecule has 0 aromatic carbocycles. The Labute approximate surface area is 108 Å². The molecule has 0 spiro atoms. The van der Waals surface area contributed by atoms with Crippen molar-refractivity contribution in [3.8, 4) is 0 Å². The zero-order valence-electron chi connectivity index (χ0n) is 11.6. The Morgan fingerprint density at radius 3 is 2.22 bits per heavy atom. The molecule has 0 aromatic rings. The first kappa shape index (κ1) is 14.6. The second-order valence-corrected chi connectivity index (χ2v) is 5.71. The van der Waals surface area contributed by atoms with Crippen LogP contribution in [0.2, 0.25) is 0 Å². The number of alkyl carbamates (subject to hydrolysis) is 1. The summed E-state index contributed by atoms with van der Waals surface area (Å²) in [7, 11) is 3.27. The van der Waals surface area contributed by atoms with Gasteiger partial charge in [0.25, 0.3) is 0 Å². The van der Waals surface area contributed by atoms with Crippen LogP contribution in [0.1, 0.15) is 33.6 Å². The van der Waals surface area contributed by atoms with Crippen LogP contribution in [0.4, 0.5) is 9.59 Å². The van der Waals surface area contributed by atoms with Gasteiger partial charge in [0, 0.05) is 33.0 Å². The first-order valence-corrected chi connectivity index (χ1v) is 6.05. The summed E-state index contributed by atoms with van der Waals surface area (Å²) in [6.07, 6.45) is 0.387. The van der Waals surface area contributed by atoms with Crippen LogP contribution < -0.4 is 5.32 Å². The largest absolute Gasteiger partial charge is 0.446 e. The standard InChI is InChI=1S/C12H22N2O4/c1-12(2,3)18-10(15)13-8-6-9(7-8)17-11(16)14(4)5/h8-9H,6-7H2,1-5H3,(H,13,15). The number of hydrogen-bond acceptors (Lipinski definition) is 4. The third kappa shape index (κ3) is 4.81. The molecule has 1 N–H and O–H groups in total. The molecule has 0 aromatic heterocycles. The molecule has 0 bridgehead atoms. The van der Waals surface area contributed by atoms with Gasteiger partial charge in [-0.15, -0.1) is 0 Å². The highest BCUT2D eigenvalue weighted by molar-refractivity contribution is 5.69. The van der Waals surface area contributed by atoms with E-state index in [1.165, 1.54) is 4.90 Å². The van der Waals surface area contributed by atoms with E-state index in [0.717, 1.165) is 0 Å². The van der Waals surface area contributed by atoms with E-state index in [0.29, 0.717) is 12.8 Å². The average molecular weight is 258 g/mol.